The van der Waals surface area contributed by atoms with E-state index in [4.69, 9.17) is 4.74 Å². The molecular formula is C22H34FN5O2. The molecule has 2 aliphatic rings. The number of rotatable bonds is 5. The van der Waals surface area contributed by atoms with Gasteiger partial charge in [-0.1, -0.05) is 26.0 Å². The lowest BCUT2D eigenvalue weighted by atomic mass is 9.84. The fourth-order valence-corrected chi connectivity index (χ4v) is 3.87. The molecule has 0 aromatic heterocycles. The summed E-state index contributed by atoms with van der Waals surface area (Å²) < 4.78 is 18.9. The maximum absolute atomic E-state index is 13.6. The van der Waals surface area contributed by atoms with Gasteiger partial charge in [0.2, 0.25) is 5.91 Å². The minimum Gasteiger partial charge on any atom is -0.378 e. The summed E-state index contributed by atoms with van der Waals surface area (Å²) in [5, 5.41) is 3.45. The average molecular weight is 420 g/mol. The summed E-state index contributed by atoms with van der Waals surface area (Å²) in [5.74, 6) is 0.817. The Hall–Kier alpha value is -2.19. The van der Waals surface area contributed by atoms with Crippen LogP contribution in [0.2, 0.25) is 0 Å². The Balaban J connectivity index is 1.47. The molecular weight excluding hydrogens is 385 g/mol. The summed E-state index contributed by atoms with van der Waals surface area (Å²) >= 11 is 0. The Labute approximate surface area is 178 Å². The van der Waals surface area contributed by atoms with Crippen molar-refractivity contribution in [1.29, 1.82) is 0 Å². The molecule has 8 heteroatoms. The van der Waals surface area contributed by atoms with Crippen molar-refractivity contribution in [2.75, 3.05) is 72.6 Å². The van der Waals surface area contributed by atoms with Crippen LogP contribution >= 0.6 is 0 Å². The minimum absolute atomic E-state index is 0.186. The van der Waals surface area contributed by atoms with E-state index in [1.807, 2.05) is 11.0 Å². The summed E-state index contributed by atoms with van der Waals surface area (Å²) in [6, 6.07) is 6.76. The van der Waals surface area contributed by atoms with E-state index in [9.17, 15) is 9.18 Å². The highest BCUT2D eigenvalue weighted by Gasteiger charge is 2.26. The molecule has 0 saturated carbocycles. The van der Waals surface area contributed by atoms with E-state index >= 15 is 0 Å². The zero-order valence-corrected chi connectivity index (χ0v) is 18.4. The molecule has 1 aromatic rings. The molecule has 0 radical (unpaired) electrons. The highest BCUT2D eigenvalue weighted by Crippen LogP contribution is 2.23. The normalized spacial score (nSPS) is 19.1. The van der Waals surface area contributed by atoms with Crippen molar-refractivity contribution >= 4 is 11.9 Å². The van der Waals surface area contributed by atoms with E-state index in [2.05, 4.69) is 34.0 Å². The monoisotopic (exact) mass is 419 g/mol. The molecule has 7 nitrogen and oxygen atoms in total. The summed E-state index contributed by atoms with van der Waals surface area (Å²) in [5.41, 5.74) is 0.724. The predicted octanol–water partition coefficient (Wildman–Crippen LogP) is 1.16. The third-order valence-corrected chi connectivity index (χ3v) is 5.90. The molecule has 1 N–H and O–H groups in total. The Bertz CT molecular complexity index is 741. The number of carbonyl (C=O) groups is 1. The SMILES string of the molecule is CN=C(NCC(C)(C)c1cccc(F)c1)N1CCN(CC(=O)N2CCOCC2)CC1. The quantitative estimate of drug-likeness (QED) is 0.573. The molecule has 2 heterocycles. The second kappa shape index (κ2) is 10.2. The first-order chi connectivity index (χ1) is 14.4. The van der Waals surface area contributed by atoms with Crippen LogP contribution in [0.25, 0.3) is 0 Å². The fraction of sp³-hybridized carbons (Fsp3) is 0.636. The number of nitrogens with zero attached hydrogens (tertiary/aromatic N) is 4. The van der Waals surface area contributed by atoms with E-state index in [-0.39, 0.29) is 17.1 Å². The van der Waals surface area contributed by atoms with E-state index in [0.717, 1.165) is 37.7 Å². The van der Waals surface area contributed by atoms with Crippen LogP contribution in [0.1, 0.15) is 19.4 Å². The summed E-state index contributed by atoms with van der Waals surface area (Å²) in [4.78, 5) is 23.2. The zero-order chi connectivity index (χ0) is 21.6. The molecule has 2 fully saturated rings. The Kier molecular flexibility index (Phi) is 7.66. The molecule has 30 heavy (non-hydrogen) atoms. The van der Waals surface area contributed by atoms with Crippen LogP contribution in [0.4, 0.5) is 4.39 Å². The highest BCUT2D eigenvalue weighted by molar-refractivity contribution is 5.80. The average Bonchev–Trinajstić information content (AvgIpc) is 2.76. The van der Waals surface area contributed by atoms with E-state index in [1.165, 1.54) is 6.07 Å². The van der Waals surface area contributed by atoms with Gasteiger partial charge < -0.3 is 19.9 Å². The molecule has 0 spiro atoms. The Morgan fingerprint density at radius 3 is 2.47 bits per heavy atom. The van der Waals surface area contributed by atoms with Crippen molar-refractivity contribution in [2.24, 2.45) is 4.99 Å². The fourth-order valence-electron chi connectivity index (χ4n) is 3.87. The highest BCUT2D eigenvalue weighted by atomic mass is 19.1. The minimum atomic E-state index is -0.232. The first-order valence-electron chi connectivity index (χ1n) is 10.7. The van der Waals surface area contributed by atoms with E-state index in [1.54, 1.807) is 19.2 Å². The molecule has 2 aliphatic heterocycles. The van der Waals surface area contributed by atoms with Gasteiger partial charge >= 0.3 is 0 Å². The van der Waals surface area contributed by atoms with Gasteiger partial charge in [0, 0.05) is 58.3 Å². The first kappa shape index (κ1) is 22.5. The number of morpholine rings is 1. The van der Waals surface area contributed by atoms with Gasteiger partial charge in [0.15, 0.2) is 5.96 Å². The lowest BCUT2D eigenvalue weighted by Gasteiger charge is -2.38. The van der Waals surface area contributed by atoms with Crippen LogP contribution < -0.4 is 5.32 Å². The third kappa shape index (κ3) is 5.92. The number of piperazine rings is 1. The standard InChI is InChI=1S/C22H34FN5O2/c1-22(2,18-5-4-6-19(23)15-18)17-25-21(24-3)28-9-7-26(8-10-28)16-20(29)27-11-13-30-14-12-27/h4-6,15H,7-14,16-17H2,1-3H3,(H,24,25). The van der Waals surface area contributed by atoms with Gasteiger partial charge in [0.25, 0.3) is 0 Å². The zero-order valence-electron chi connectivity index (χ0n) is 18.4. The second-order valence-electron chi connectivity index (χ2n) is 8.55. The molecule has 0 bridgehead atoms. The van der Waals surface area contributed by atoms with Gasteiger partial charge in [-0.3, -0.25) is 14.7 Å². The van der Waals surface area contributed by atoms with Crippen molar-refractivity contribution in [2.45, 2.75) is 19.3 Å². The number of aliphatic imine (C=N–C) groups is 1. The number of hydrogen-bond acceptors (Lipinski definition) is 4. The predicted molar refractivity (Wildman–Crippen MR) is 116 cm³/mol. The van der Waals surface area contributed by atoms with Crippen molar-refractivity contribution in [1.82, 2.24) is 20.0 Å². The largest absolute Gasteiger partial charge is 0.378 e. The van der Waals surface area contributed by atoms with E-state index < -0.39 is 0 Å². The van der Waals surface area contributed by atoms with Gasteiger partial charge in [-0.2, -0.15) is 0 Å². The Morgan fingerprint density at radius 2 is 1.83 bits per heavy atom. The molecule has 0 aliphatic carbocycles. The van der Waals surface area contributed by atoms with Crippen LogP contribution in [-0.4, -0.2) is 99.2 Å². The van der Waals surface area contributed by atoms with Gasteiger partial charge in [-0.15, -0.1) is 0 Å². The first-order valence-corrected chi connectivity index (χ1v) is 10.7. The maximum atomic E-state index is 13.6. The van der Waals surface area contributed by atoms with Crippen LogP contribution in [0.3, 0.4) is 0 Å². The summed E-state index contributed by atoms with van der Waals surface area (Å²) in [7, 11) is 1.78. The smallest absolute Gasteiger partial charge is 0.236 e. The van der Waals surface area contributed by atoms with E-state index in [0.29, 0.717) is 39.4 Å². The number of guanidine groups is 1. The van der Waals surface area contributed by atoms with Crippen LogP contribution in [0.5, 0.6) is 0 Å². The number of nitrogens with one attached hydrogen (secondary N) is 1. The molecule has 0 atom stereocenters. The van der Waals surface area contributed by atoms with Crippen molar-refractivity contribution in [3.05, 3.63) is 35.6 Å². The molecule has 0 unspecified atom stereocenters. The number of hydrogen-bond donors (Lipinski definition) is 1. The number of benzene rings is 1. The van der Waals surface area contributed by atoms with Gasteiger partial charge in [0.1, 0.15) is 5.82 Å². The van der Waals surface area contributed by atoms with Gasteiger partial charge in [-0.25, -0.2) is 4.39 Å². The molecule has 1 amide bonds. The summed E-state index contributed by atoms with van der Waals surface area (Å²) in [6.45, 7) is 11.2. The molecule has 2 saturated heterocycles. The summed E-state index contributed by atoms with van der Waals surface area (Å²) in [6.07, 6.45) is 0. The number of halogens is 1. The van der Waals surface area contributed by atoms with Crippen molar-refractivity contribution in [3.8, 4) is 0 Å². The molecule has 1 aromatic carbocycles. The van der Waals surface area contributed by atoms with Gasteiger partial charge in [0.05, 0.1) is 19.8 Å². The number of carbonyl (C=O) groups excluding carboxylic acids is 1. The lowest BCUT2D eigenvalue weighted by molar-refractivity contribution is -0.136. The topological polar surface area (TPSA) is 60.4 Å². The van der Waals surface area contributed by atoms with Crippen LogP contribution in [0.15, 0.2) is 29.3 Å². The second-order valence-corrected chi connectivity index (χ2v) is 8.55. The van der Waals surface area contributed by atoms with Crippen LogP contribution in [-0.2, 0) is 14.9 Å². The number of ether oxygens (including phenoxy) is 1. The van der Waals surface area contributed by atoms with Gasteiger partial charge in [-0.05, 0) is 17.7 Å². The third-order valence-electron chi connectivity index (χ3n) is 5.90. The molecule has 3 rings (SSSR count). The maximum Gasteiger partial charge on any atom is 0.236 e. The van der Waals surface area contributed by atoms with Crippen molar-refractivity contribution in [3.63, 3.8) is 0 Å². The van der Waals surface area contributed by atoms with Crippen molar-refractivity contribution < 1.29 is 13.9 Å². The lowest BCUT2D eigenvalue weighted by Crippen LogP contribution is -2.55. The molecule has 166 valence electrons. The Morgan fingerprint density at radius 1 is 1.13 bits per heavy atom. The van der Waals surface area contributed by atoms with Crippen LogP contribution in [0, 0.1) is 5.82 Å². The number of amides is 1.